The van der Waals surface area contributed by atoms with Gasteiger partial charge in [0.15, 0.2) is 0 Å². The maximum absolute atomic E-state index is 12.9. The van der Waals surface area contributed by atoms with Crippen LogP contribution < -0.4 is 10.5 Å². The molecule has 27 heavy (non-hydrogen) atoms. The van der Waals surface area contributed by atoms with Crippen LogP contribution in [0, 0.1) is 0 Å². The van der Waals surface area contributed by atoms with E-state index in [-0.39, 0.29) is 22.1 Å². The number of hydrazone groups is 1. The smallest absolute Gasteiger partial charge is 0.335 e. The number of aromatic carboxylic acids is 1. The van der Waals surface area contributed by atoms with Gasteiger partial charge >= 0.3 is 5.97 Å². The van der Waals surface area contributed by atoms with E-state index < -0.39 is 5.97 Å². The van der Waals surface area contributed by atoms with Gasteiger partial charge in [0.05, 0.1) is 17.5 Å². The number of hydrogen-bond donors (Lipinski definition) is 2. The van der Waals surface area contributed by atoms with Crippen LogP contribution in [0.1, 0.15) is 68.6 Å². The van der Waals surface area contributed by atoms with Gasteiger partial charge < -0.3 is 10.2 Å². The first-order chi connectivity index (χ1) is 12.4. The van der Waals surface area contributed by atoms with Crippen molar-refractivity contribution in [2.75, 3.05) is 5.43 Å². The molecule has 0 aliphatic rings. The van der Waals surface area contributed by atoms with Crippen molar-refractivity contribution in [3.63, 3.8) is 0 Å². The Kier molecular flexibility index (Phi) is 5.64. The lowest BCUT2D eigenvalue weighted by Crippen LogP contribution is -2.21. The first-order valence-electron chi connectivity index (χ1n) is 8.88. The van der Waals surface area contributed by atoms with Gasteiger partial charge in [-0.15, -0.1) is 5.75 Å². The average Bonchev–Trinajstić information content (AvgIpc) is 2.54. The highest BCUT2D eigenvalue weighted by Crippen LogP contribution is 2.37. The number of nitrogens with zero attached hydrogens (tertiary/aromatic N) is 1. The molecule has 2 aromatic rings. The highest BCUT2D eigenvalue weighted by Gasteiger charge is 2.22. The molecular formula is C22H27N2O3-. The number of carboxylic acids is 1. The van der Waals surface area contributed by atoms with Crippen LogP contribution in [0.3, 0.4) is 0 Å². The Morgan fingerprint density at radius 1 is 1.00 bits per heavy atom. The molecule has 0 atom stereocenters. The summed E-state index contributed by atoms with van der Waals surface area (Å²) < 4.78 is 0. The molecule has 5 nitrogen and oxygen atoms in total. The zero-order valence-corrected chi connectivity index (χ0v) is 16.8. The van der Waals surface area contributed by atoms with Gasteiger partial charge in [0.25, 0.3) is 0 Å². The highest BCUT2D eigenvalue weighted by atomic mass is 16.4. The van der Waals surface area contributed by atoms with Gasteiger partial charge in [-0.05, 0) is 51.8 Å². The molecule has 0 aliphatic heterocycles. The van der Waals surface area contributed by atoms with Crippen molar-refractivity contribution < 1.29 is 15.0 Å². The van der Waals surface area contributed by atoms with Crippen LogP contribution >= 0.6 is 0 Å². The summed E-state index contributed by atoms with van der Waals surface area (Å²) in [5.41, 5.74) is 5.65. The summed E-state index contributed by atoms with van der Waals surface area (Å²) in [7, 11) is 0. The predicted molar refractivity (Wildman–Crippen MR) is 108 cm³/mol. The van der Waals surface area contributed by atoms with Gasteiger partial charge in [-0.1, -0.05) is 53.7 Å². The zero-order chi connectivity index (χ0) is 20.4. The Morgan fingerprint density at radius 3 is 1.89 bits per heavy atom. The number of benzene rings is 2. The number of anilines is 1. The molecule has 0 aromatic heterocycles. The molecule has 0 fully saturated rings. The number of hydrogen-bond acceptors (Lipinski definition) is 4. The number of carboxylic acid groups (broad SMARTS) is 1. The van der Waals surface area contributed by atoms with Crippen molar-refractivity contribution in [1.29, 1.82) is 0 Å². The van der Waals surface area contributed by atoms with E-state index in [4.69, 9.17) is 5.11 Å². The third-order valence-electron chi connectivity index (χ3n) is 4.27. The summed E-state index contributed by atoms with van der Waals surface area (Å²) in [6.07, 6.45) is 1.68. The molecule has 0 heterocycles. The summed E-state index contributed by atoms with van der Waals surface area (Å²) in [4.78, 5) is 10.9. The summed E-state index contributed by atoms with van der Waals surface area (Å²) in [6, 6.07) is 10.1. The minimum absolute atomic E-state index is 0.0874. The maximum atomic E-state index is 12.9. The van der Waals surface area contributed by atoms with E-state index in [1.165, 1.54) is 12.1 Å². The van der Waals surface area contributed by atoms with Crippen molar-refractivity contribution in [3.8, 4) is 5.75 Å². The zero-order valence-electron chi connectivity index (χ0n) is 16.8. The van der Waals surface area contributed by atoms with Crippen LogP contribution in [0.5, 0.6) is 5.75 Å². The van der Waals surface area contributed by atoms with Crippen molar-refractivity contribution in [3.05, 3.63) is 58.7 Å². The quantitative estimate of drug-likeness (QED) is 0.615. The van der Waals surface area contributed by atoms with E-state index in [9.17, 15) is 9.90 Å². The van der Waals surface area contributed by atoms with Crippen LogP contribution in [-0.4, -0.2) is 17.3 Å². The van der Waals surface area contributed by atoms with E-state index in [0.717, 1.165) is 16.7 Å². The highest BCUT2D eigenvalue weighted by molar-refractivity contribution is 5.88. The van der Waals surface area contributed by atoms with Gasteiger partial charge in [-0.3, -0.25) is 5.43 Å². The minimum atomic E-state index is -0.966. The Hall–Kier alpha value is -2.82. The van der Waals surface area contributed by atoms with E-state index in [1.54, 1.807) is 18.3 Å². The van der Waals surface area contributed by atoms with Gasteiger partial charge in [-0.25, -0.2) is 4.79 Å². The minimum Gasteiger partial charge on any atom is -0.872 e. The molecule has 5 heteroatoms. The molecule has 0 spiro atoms. The number of nitrogens with one attached hydrogen (secondary N) is 1. The Bertz CT molecular complexity index is 820. The fraction of sp³-hybridized carbons (Fsp3) is 0.364. The molecule has 2 rings (SSSR count). The lowest BCUT2D eigenvalue weighted by Gasteiger charge is -2.33. The molecule has 0 amide bonds. The predicted octanol–water partition coefficient (Wildman–Crippen LogP) is 4.50. The number of rotatable bonds is 4. The standard InChI is InChI=1S/C22H28N2O3/c1-21(2,3)17-11-14(12-18(19(17)25)22(4,5)6)13-23-24-16-9-7-15(8-10-16)20(26)27/h7-13,24-25H,1-6H3,(H,26,27)/p-1/b23-13+. The molecule has 0 radical (unpaired) electrons. The van der Waals surface area contributed by atoms with E-state index in [1.807, 2.05) is 53.7 Å². The third-order valence-corrected chi connectivity index (χ3v) is 4.27. The molecule has 0 bridgehead atoms. The SMILES string of the molecule is CC(C)(C)c1cc(/C=N/Nc2ccc(C(=O)O)cc2)cc(C(C)(C)C)c1[O-]. The van der Waals surface area contributed by atoms with Crippen molar-refractivity contribution in [1.82, 2.24) is 0 Å². The first kappa shape index (κ1) is 20.5. The Balaban J connectivity index is 2.32. The molecule has 0 aliphatic carbocycles. The van der Waals surface area contributed by atoms with Gasteiger partial charge in [0, 0.05) is 0 Å². The van der Waals surface area contributed by atoms with Crippen molar-refractivity contribution >= 4 is 17.9 Å². The molecule has 144 valence electrons. The van der Waals surface area contributed by atoms with Gasteiger partial charge in [0.2, 0.25) is 0 Å². The molecule has 0 unspecified atom stereocenters. The van der Waals surface area contributed by atoms with Gasteiger partial charge in [0.1, 0.15) is 0 Å². The summed E-state index contributed by atoms with van der Waals surface area (Å²) in [6.45, 7) is 12.2. The lowest BCUT2D eigenvalue weighted by atomic mass is 9.78. The Labute approximate surface area is 160 Å². The largest absolute Gasteiger partial charge is 0.872 e. The lowest BCUT2D eigenvalue weighted by molar-refractivity contribution is -0.271. The average molecular weight is 367 g/mol. The molecule has 0 saturated heterocycles. The van der Waals surface area contributed by atoms with Crippen LogP contribution in [0.25, 0.3) is 0 Å². The van der Waals surface area contributed by atoms with E-state index in [0.29, 0.717) is 5.69 Å². The monoisotopic (exact) mass is 367 g/mol. The van der Waals surface area contributed by atoms with Crippen LogP contribution in [0.4, 0.5) is 5.69 Å². The Morgan fingerprint density at radius 2 is 1.48 bits per heavy atom. The molecule has 0 saturated carbocycles. The first-order valence-corrected chi connectivity index (χ1v) is 8.88. The topological polar surface area (TPSA) is 84.8 Å². The molecular weight excluding hydrogens is 340 g/mol. The fourth-order valence-corrected chi connectivity index (χ4v) is 2.71. The summed E-state index contributed by atoms with van der Waals surface area (Å²) in [5.74, 6) is -0.878. The molecule has 2 aromatic carbocycles. The third kappa shape index (κ3) is 5.09. The van der Waals surface area contributed by atoms with Crippen LogP contribution in [-0.2, 0) is 10.8 Å². The van der Waals surface area contributed by atoms with Crippen molar-refractivity contribution in [2.24, 2.45) is 5.10 Å². The molecule has 2 N–H and O–H groups in total. The van der Waals surface area contributed by atoms with Gasteiger partial charge in [-0.2, -0.15) is 5.10 Å². The second-order valence-corrected chi connectivity index (χ2v) is 8.70. The summed E-state index contributed by atoms with van der Waals surface area (Å²) in [5, 5.41) is 26.1. The second-order valence-electron chi connectivity index (χ2n) is 8.70. The van der Waals surface area contributed by atoms with E-state index >= 15 is 0 Å². The summed E-state index contributed by atoms with van der Waals surface area (Å²) >= 11 is 0. The fourth-order valence-electron chi connectivity index (χ4n) is 2.71. The van der Waals surface area contributed by atoms with Crippen LogP contribution in [0.15, 0.2) is 41.5 Å². The van der Waals surface area contributed by atoms with Crippen LogP contribution in [0.2, 0.25) is 0 Å². The normalized spacial score (nSPS) is 12.4. The maximum Gasteiger partial charge on any atom is 0.335 e. The number of carbonyl (C=O) groups is 1. The van der Waals surface area contributed by atoms with E-state index in [2.05, 4.69) is 10.5 Å². The van der Waals surface area contributed by atoms with Crippen molar-refractivity contribution in [2.45, 2.75) is 52.4 Å². The second kappa shape index (κ2) is 7.43.